The standard InChI is InChI=1S/C18H21N3.ClH/c1-13-10-11-17-16(12-13)18(15-8-6-5-7-9-15)19-21(17)14(2)20(3)4;/h5-12,14H,1-4H3;1H. The molecule has 0 saturated carbocycles. The minimum Gasteiger partial charge on any atom is -0.288 e. The van der Waals surface area contributed by atoms with Gasteiger partial charge in [-0.2, -0.15) is 5.10 Å². The van der Waals surface area contributed by atoms with Gasteiger partial charge in [0.25, 0.3) is 0 Å². The summed E-state index contributed by atoms with van der Waals surface area (Å²) < 4.78 is 2.11. The SMILES string of the molecule is Cc1ccc2c(c1)c(-c1ccccc1)nn2C(C)N(C)C.Cl. The van der Waals surface area contributed by atoms with Gasteiger partial charge in [-0.25, -0.2) is 4.68 Å². The summed E-state index contributed by atoms with van der Waals surface area (Å²) in [6.07, 6.45) is 0.215. The number of hydrogen-bond donors (Lipinski definition) is 0. The Morgan fingerprint density at radius 1 is 1.05 bits per heavy atom. The van der Waals surface area contributed by atoms with Crippen LogP contribution in [0.25, 0.3) is 22.2 Å². The van der Waals surface area contributed by atoms with E-state index in [1.54, 1.807) is 0 Å². The van der Waals surface area contributed by atoms with Crippen molar-refractivity contribution in [2.75, 3.05) is 14.1 Å². The van der Waals surface area contributed by atoms with E-state index in [9.17, 15) is 0 Å². The Kier molecular flexibility index (Phi) is 4.89. The first-order chi connectivity index (χ1) is 10.1. The van der Waals surface area contributed by atoms with Gasteiger partial charge in [-0.1, -0.05) is 42.0 Å². The highest BCUT2D eigenvalue weighted by Gasteiger charge is 2.17. The molecule has 0 aliphatic heterocycles. The molecule has 0 spiro atoms. The van der Waals surface area contributed by atoms with Crippen molar-refractivity contribution in [3.63, 3.8) is 0 Å². The molecule has 4 heteroatoms. The number of halogens is 1. The molecule has 1 atom stereocenters. The molecule has 0 N–H and O–H groups in total. The maximum Gasteiger partial charge on any atom is 0.101 e. The second-order valence-electron chi connectivity index (χ2n) is 5.78. The van der Waals surface area contributed by atoms with Gasteiger partial charge >= 0.3 is 0 Å². The fraction of sp³-hybridized carbons (Fsp3) is 0.278. The van der Waals surface area contributed by atoms with Crippen molar-refractivity contribution in [2.24, 2.45) is 0 Å². The van der Waals surface area contributed by atoms with Crippen molar-refractivity contribution < 1.29 is 0 Å². The average Bonchev–Trinajstić information content (AvgIpc) is 2.85. The van der Waals surface area contributed by atoms with Crippen LogP contribution in [-0.2, 0) is 0 Å². The lowest BCUT2D eigenvalue weighted by Crippen LogP contribution is -2.23. The van der Waals surface area contributed by atoms with Gasteiger partial charge in [0.2, 0.25) is 0 Å². The highest BCUT2D eigenvalue weighted by Crippen LogP contribution is 2.30. The van der Waals surface area contributed by atoms with E-state index in [4.69, 9.17) is 5.10 Å². The minimum atomic E-state index is 0. The van der Waals surface area contributed by atoms with Crippen molar-refractivity contribution >= 4 is 23.3 Å². The third-order valence-corrected chi connectivity index (χ3v) is 4.01. The zero-order valence-electron chi connectivity index (χ0n) is 13.4. The number of aryl methyl sites for hydroxylation is 1. The number of aromatic nitrogens is 2. The first kappa shape index (κ1) is 16.5. The summed E-state index contributed by atoms with van der Waals surface area (Å²) in [5.41, 5.74) is 4.66. The van der Waals surface area contributed by atoms with E-state index < -0.39 is 0 Å². The van der Waals surface area contributed by atoms with E-state index in [-0.39, 0.29) is 18.6 Å². The van der Waals surface area contributed by atoms with Crippen LogP contribution in [0.1, 0.15) is 18.7 Å². The molecule has 0 saturated heterocycles. The Morgan fingerprint density at radius 2 is 1.73 bits per heavy atom. The highest BCUT2D eigenvalue weighted by atomic mass is 35.5. The lowest BCUT2D eigenvalue weighted by molar-refractivity contribution is 0.227. The number of benzene rings is 2. The number of fused-ring (bicyclic) bond motifs is 1. The molecule has 0 fully saturated rings. The molecular formula is C18H22ClN3. The van der Waals surface area contributed by atoms with Gasteiger partial charge in [0.05, 0.1) is 5.52 Å². The molecule has 3 aromatic rings. The highest BCUT2D eigenvalue weighted by molar-refractivity contribution is 5.93. The van der Waals surface area contributed by atoms with Crippen LogP contribution < -0.4 is 0 Å². The average molecular weight is 316 g/mol. The van der Waals surface area contributed by atoms with E-state index in [1.807, 2.05) is 6.07 Å². The Morgan fingerprint density at radius 3 is 2.36 bits per heavy atom. The summed E-state index contributed by atoms with van der Waals surface area (Å²) in [6.45, 7) is 4.29. The molecule has 22 heavy (non-hydrogen) atoms. The summed E-state index contributed by atoms with van der Waals surface area (Å²) in [5, 5.41) is 6.11. The van der Waals surface area contributed by atoms with Gasteiger partial charge in [0, 0.05) is 10.9 Å². The largest absolute Gasteiger partial charge is 0.288 e. The molecule has 116 valence electrons. The lowest BCUT2D eigenvalue weighted by atomic mass is 10.1. The quantitative estimate of drug-likeness (QED) is 0.709. The smallest absolute Gasteiger partial charge is 0.101 e. The molecule has 3 rings (SSSR count). The summed E-state index contributed by atoms with van der Waals surface area (Å²) >= 11 is 0. The normalized spacial score (nSPS) is 12.4. The molecule has 3 nitrogen and oxygen atoms in total. The second-order valence-corrected chi connectivity index (χ2v) is 5.78. The van der Waals surface area contributed by atoms with Crippen LogP contribution >= 0.6 is 12.4 Å². The van der Waals surface area contributed by atoms with Gasteiger partial charge in [0.1, 0.15) is 11.9 Å². The first-order valence-corrected chi connectivity index (χ1v) is 7.28. The van der Waals surface area contributed by atoms with Gasteiger partial charge in [-0.05, 0) is 40.1 Å². The van der Waals surface area contributed by atoms with Gasteiger partial charge in [-0.15, -0.1) is 12.4 Å². The molecule has 1 heterocycles. The van der Waals surface area contributed by atoms with Crippen LogP contribution in [0, 0.1) is 6.92 Å². The van der Waals surface area contributed by atoms with E-state index in [0.29, 0.717) is 0 Å². The van der Waals surface area contributed by atoms with E-state index in [1.165, 1.54) is 16.5 Å². The molecule has 1 aromatic heterocycles. The van der Waals surface area contributed by atoms with Gasteiger partial charge in [0.15, 0.2) is 0 Å². The Bertz CT molecular complexity index is 763. The molecule has 0 aliphatic rings. The number of nitrogens with zero attached hydrogens (tertiary/aromatic N) is 3. The summed E-state index contributed by atoms with van der Waals surface area (Å²) in [4.78, 5) is 2.17. The predicted octanol–water partition coefficient (Wildman–Crippen LogP) is 4.51. The molecule has 0 bridgehead atoms. The Labute approximate surface area is 138 Å². The molecule has 2 aromatic carbocycles. The van der Waals surface area contributed by atoms with Crippen molar-refractivity contribution in [1.82, 2.24) is 14.7 Å². The molecule has 0 amide bonds. The zero-order valence-corrected chi connectivity index (χ0v) is 14.3. The Balaban J connectivity index is 0.00000176. The predicted molar refractivity (Wildman–Crippen MR) is 95.6 cm³/mol. The second kappa shape index (κ2) is 6.51. The third kappa shape index (κ3) is 2.87. The van der Waals surface area contributed by atoms with E-state index >= 15 is 0 Å². The van der Waals surface area contributed by atoms with Gasteiger partial charge < -0.3 is 0 Å². The molecule has 1 unspecified atom stereocenters. The minimum absolute atomic E-state index is 0. The number of rotatable bonds is 3. The first-order valence-electron chi connectivity index (χ1n) is 7.28. The molecule has 0 radical (unpaired) electrons. The van der Waals surface area contributed by atoms with Crippen LogP contribution in [0.2, 0.25) is 0 Å². The lowest BCUT2D eigenvalue weighted by Gasteiger charge is -2.21. The maximum absolute atomic E-state index is 4.90. The third-order valence-electron chi connectivity index (χ3n) is 4.01. The molecular weight excluding hydrogens is 294 g/mol. The summed E-state index contributed by atoms with van der Waals surface area (Å²) in [5.74, 6) is 0. The van der Waals surface area contributed by atoms with Crippen LogP contribution in [0.3, 0.4) is 0 Å². The van der Waals surface area contributed by atoms with Crippen molar-refractivity contribution in [3.8, 4) is 11.3 Å². The molecule has 0 aliphatic carbocycles. The zero-order chi connectivity index (χ0) is 15.0. The fourth-order valence-corrected chi connectivity index (χ4v) is 2.57. The number of hydrogen-bond acceptors (Lipinski definition) is 2. The summed E-state index contributed by atoms with van der Waals surface area (Å²) in [6, 6.07) is 16.9. The van der Waals surface area contributed by atoms with Crippen LogP contribution in [0.5, 0.6) is 0 Å². The van der Waals surface area contributed by atoms with E-state index in [0.717, 1.165) is 11.3 Å². The Hall–Kier alpha value is -1.84. The van der Waals surface area contributed by atoms with Crippen molar-refractivity contribution in [3.05, 3.63) is 54.1 Å². The van der Waals surface area contributed by atoms with Crippen molar-refractivity contribution in [2.45, 2.75) is 20.0 Å². The fourth-order valence-electron chi connectivity index (χ4n) is 2.57. The van der Waals surface area contributed by atoms with Gasteiger partial charge in [-0.3, -0.25) is 4.90 Å². The monoisotopic (exact) mass is 315 g/mol. The topological polar surface area (TPSA) is 21.1 Å². The van der Waals surface area contributed by atoms with Crippen LogP contribution in [-0.4, -0.2) is 28.8 Å². The summed E-state index contributed by atoms with van der Waals surface area (Å²) in [7, 11) is 4.16. The maximum atomic E-state index is 4.90. The van der Waals surface area contributed by atoms with E-state index in [2.05, 4.69) is 80.0 Å². The van der Waals surface area contributed by atoms with Crippen LogP contribution in [0.4, 0.5) is 0 Å². The van der Waals surface area contributed by atoms with Crippen molar-refractivity contribution in [1.29, 1.82) is 0 Å². The van der Waals surface area contributed by atoms with Crippen LogP contribution in [0.15, 0.2) is 48.5 Å².